The quantitative estimate of drug-likeness (QED) is 0.626. The second-order valence-electron chi connectivity index (χ2n) is 3.70. The molecule has 5 nitrogen and oxygen atoms in total. The summed E-state index contributed by atoms with van der Waals surface area (Å²) in [5.74, 6) is 0. The molecule has 2 aromatic rings. The monoisotopic (exact) mass is 344 g/mol. The summed E-state index contributed by atoms with van der Waals surface area (Å²) in [6.45, 7) is 2.11. The minimum absolute atomic E-state index is 0.218. The summed E-state index contributed by atoms with van der Waals surface area (Å²) < 4.78 is 3.43. The van der Waals surface area contributed by atoms with Crippen LogP contribution in [0.25, 0.3) is 5.69 Å². The number of alkyl halides is 1. The van der Waals surface area contributed by atoms with E-state index in [1.54, 1.807) is 7.05 Å². The van der Waals surface area contributed by atoms with E-state index in [2.05, 4.69) is 46.0 Å². The van der Waals surface area contributed by atoms with Crippen molar-refractivity contribution < 1.29 is 0 Å². The molecule has 0 unspecified atom stereocenters. The van der Waals surface area contributed by atoms with Crippen molar-refractivity contribution in [2.24, 2.45) is 7.05 Å². The van der Waals surface area contributed by atoms with E-state index in [9.17, 15) is 4.79 Å². The number of aryl methyl sites for hydroxylation is 2. The van der Waals surface area contributed by atoms with Gasteiger partial charge >= 0.3 is 5.69 Å². The number of aromatic nitrogens is 4. The van der Waals surface area contributed by atoms with Crippen LogP contribution in [0.3, 0.4) is 0 Å². The van der Waals surface area contributed by atoms with Gasteiger partial charge in [-0.1, -0.05) is 41.6 Å². The molecule has 0 saturated carbocycles. The van der Waals surface area contributed by atoms with E-state index in [1.807, 2.05) is 12.1 Å². The van der Waals surface area contributed by atoms with Crippen LogP contribution in [-0.4, -0.2) is 19.8 Å². The Balaban J connectivity index is 2.67. The topological polar surface area (TPSA) is 52.7 Å². The first-order valence-corrected chi connectivity index (χ1v) is 6.87. The summed E-state index contributed by atoms with van der Waals surface area (Å²) in [6, 6.07) is 5.94. The maximum absolute atomic E-state index is 11.8. The van der Waals surface area contributed by atoms with E-state index in [0.29, 0.717) is 0 Å². The van der Waals surface area contributed by atoms with Gasteiger partial charge in [-0.05, 0) is 34.0 Å². The van der Waals surface area contributed by atoms with E-state index in [1.165, 1.54) is 14.9 Å². The van der Waals surface area contributed by atoms with Gasteiger partial charge < -0.3 is 0 Å². The Morgan fingerprint density at radius 1 is 1.35 bits per heavy atom. The molecule has 1 aromatic heterocycles. The second-order valence-corrected chi connectivity index (χ2v) is 4.46. The van der Waals surface area contributed by atoms with E-state index in [4.69, 9.17) is 0 Å². The Morgan fingerprint density at radius 3 is 2.65 bits per heavy atom. The number of hydrogen-bond acceptors (Lipinski definition) is 3. The molecule has 0 spiro atoms. The third-order valence-corrected chi connectivity index (χ3v) is 3.48. The van der Waals surface area contributed by atoms with Gasteiger partial charge in [0.15, 0.2) is 0 Å². The zero-order valence-electron chi connectivity index (χ0n) is 9.72. The molecule has 90 valence electrons. The number of nitrogens with zero attached hydrogens (tertiary/aromatic N) is 4. The van der Waals surface area contributed by atoms with Gasteiger partial charge in [-0.3, -0.25) is 0 Å². The fraction of sp³-hybridized carbons (Fsp3) is 0.364. The lowest BCUT2D eigenvalue weighted by Gasteiger charge is -2.09. The SMILES string of the molecule is CCc1cccc(-n2nnn(C)c2=O)c1CI. The number of halogens is 1. The molecule has 0 atom stereocenters. The van der Waals surface area contributed by atoms with Crippen LogP contribution in [0.15, 0.2) is 23.0 Å². The van der Waals surface area contributed by atoms with Crippen LogP contribution >= 0.6 is 22.6 Å². The third-order valence-electron chi connectivity index (χ3n) is 2.71. The molecule has 0 bridgehead atoms. The molecular formula is C11H13IN4O. The largest absolute Gasteiger partial charge is 0.368 e. The molecule has 0 radical (unpaired) electrons. The average molecular weight is 344 g/mol. The summed E-state index contributed by atoms with van der Waals surface area (Å²) in [6.07, 6.45) is 0.946. The van der Waals surface area contributed by atoms with Crippen molar-refractivity contribution >= 4 is 22.6 Å². The Hall–Kier alpha value is -1.18. The van der Waals surface area contributed by atoms with Gasteiger partial charge in [-0.15, -0.1) is 0 Å². The van der Waals surface area contributed by atoms with Crippen molar-refractivity contribution in [3.8, 4) is 5.69 Å². The lowest BCUT2D eigenvalue weighted by molar-refractivity contribution is 0.692. The first kappa shape index (κ1) is 12.3. The normalized spacial score (nSPS) is 10.8. The predicted molar refractivity (Wildman–Crippen MR) is 73.7 cm³/mol. The first-order chi connectivity index (χ1) is 8.19. The van der Waals surface area contributed by atoms with Gasteiger partial charge in [0.1, 0.15) is 0 Å². The Kier molecular flexibility index (Phi) is 3.60. The number of rotatable bonds is 3. The zero-order chi connectivity index (χ0) is 12.4. The fourth-order valence-corrected chi connectivity index (χ4v) is 2.65. The first-order valence-electron chi connectivity index (χ1n) is 5.35. The highest BCUT2D eigenvalue weighted by Gasteiger charge is 2.12. The molecule has 0 aliphatic carbocycles. The molecule has 0 aliphatic rings. The molecular weight excluding hydrogens is 331 g/mol. The fourth-order valence-electron chi connectivity index (χ4n) is 1.77. The van der Waals surface area contributed by atoms with E-state index < -0.39 is 0 Å². The van der Waals surface area contributed by atoms with Crippen molar-refractivity contribution in [1.29, 1.82) is 0 Å². The van der Waals surface area contributed by atoms with Crippen molar-refractivity contribution in [2.45, 2.75) is 17.8 Å². The van der Waals surface area contributed by atoms with Crippen molar-refractivity contribution in [1.82, 2.24) is 19.8 Å². The summed E-state index contributed by atoms with van der Waals surface area (Å²) in [5.41, 5.74) is 3.01. The number of tetrazole rings is 1. The summed E-state index contributed by atoms with van der Waals surface area (Å²) in [5, 5.41) is 7.62. The molecule has 1 heterocycles. The van der Waals surface area contributed by atoms with Gasteiger partial charge in [0, 0.05) is 11.5 Å². The van der Waals surface area contributed by atoms with Crippen molar-refractivity contribution in [2.75, 3.05) is 0 Å². The lowest BCUT2D eigenvalue weighted by Crippen LogP contribution is -2.23. The van der Waals surface area contributed by atoms with Gasteiger partial charge in [0.05, 0.1) is 5.69 Å². The van der Waals surface area contributed by atoms with Gasteiger partial charge in [0.2, 0.25) is 0 Å². The van der Waals surface area contributed by atoms with Crippen LogP contribution in [0.5, 0.6) is 0 Å². The lowest BCUT2D eigenvalue weighted by atomic mass is 10.0. The van der Waals surface area contributed by atoms with Gasteiger partial charge in [-0.25, -0.2) is 4.79 Å². The molecule has 0 amide bonds. The number of benzene rings is 1. The zero-order valence-corrected chi connectivity index (χ0v) is 11.9. The molecule has 17 heavy (non-hydrogen) atoms. The van der Waals surface area contributed by atoms with Crippen molar-refractivity contribution in [3.05, 3.63) is 39.8 Å². The van der Waals surface area contributed by atoms with Gasteiger partial charge in [-0.2, -0.15) is 9.36 Å². The Labute approximate surface area is 113 Å². The predicted octanol–water partition coefficient (Wildman–Crippen LogP) is 1.46. The highest BCUT2D eigenvalue weighted by molar-refractivity contribution is 14.1. The smallest absolute Gasteiger partial charge is 0.244 e. The summed E-state index contributed by atoms with van der Waals surface area (Å²) >= 11 is 2.30. The van der Waals surface area contributed by atoms with Gasteiger partial charge in [0.25, 0.3) is 0 Å². The molecule has 2 rings (SSSR count). The molecule has 0 aliphatic heterocycles. The highest BCUT2D eigenvalue weighted by Crippen LogP contribution is 2.20. The Bertz CT molecular complexity index is 587. The van der Waals surface area contributed by atoms with E-state index in [-0.39, 0.29) is 5.69 Å². The van der Waals surface area contributed by atoms with Crippen LogP contribution in [-0.2, 0) is 17.9 Å². The molecule has 6 heteroatoms. The van der Waals surface area contributed by atoms with Crippen LogP contribution in [0.1, 0.15) is 18.1 Å². The Morgan fingerprint density at radius 2 is 2.12 bits per heavy atom. The minimum Gasteiger partial charge on any atom is -0.244 e. The van der Waals surface area contributed by atoms with E-state index in [0.717, 1.165) is 22.1 Å². The van der Waals surface area contributed by atoms with Crippen LogP contribution in [0.2, 0.25) is 0 Å². The molecule has 0 saturated heterocycles. The average Bonchev–Trinajstić information content (AvgIpc) is 2.69. The maximum Gasteiger partial charge on any atom is 0.368 e. The van der Waals surface area contributed by atoms with Crippen LogP contribution < -0.4 is 5.69 Å². The van der Waals surface area contributed by atoms with Crippen molar-refractivity contribution in [3.63, 3.8) is 0 Å². The molecule has 1 aromatic carbocycles. The number of hydrogen-bond donors (Lipinski definition) is 0. The van der Waals surface area contributed by atoms with Crippen LogP contribution in [0.4, 0.5) is 0 Å². The van der Waals surface area contributed by atoms with Crippen LogP contribution in [0, 0.1) is 0 Å². The third kappa shape index (κ3) is 2.13. The van der Waals surface area contributed by atoms with E-state index >= 15 is 0 Å². The molecule has 0 N–H and O–H groups in total. The summed E-state index contributed by atoms with van der Waals surface area (Å²) in [4.78, 5) is 11.8. The highest BCUT2D eigenvalue weighted by atomic mass is 127. The minimum atomic E-state index is -0.218. The molecule has 0 fully saturated rings. The maximum atomic E-state index is 11.8. The second kappa shape index (κ2) is 4.99. The summed E-state index contributed by atoms with van der Waals surface area (Å²) in [7, 11) is 1.60. The standard InChI is InChI=1S/C11H13IN4O/c1-3-8-5-4-6-10(9(8)7-12)16-11(17)15(2)13-14-16/h4-6H,3,7H2,1-2H3.